The Bertz CT molecular complexity index is 336. The van der Waals surface area contributed by atoms with Crippen molar-refractivity contribution in [1.82, 2.24) is 0 Å². The van der Waals surface area contributed by atoms with Crippen molar-refractivity contribution in [2.45, 2.75) is 19.9 Å². The van der Waals surface area contributed by atoms with E-state index in [1.165, 1.54) is 0 Å². The Labute approximate surface area is 93.0 Å². The molecule has 1 aromatic rings. The van der Waals surface area contributed by atoms with Crippen molar-refractivity contribution in [2.75, 3.05) is 11.9 Å². The maximum absolute atomic E-state index is 10.8. The lowest BCUT2D eigenvalue weighted by Crippen LogP contribution is -2.26. The number of hydrogen-bond donors (Lipinski definition) is 0. The van der Waals surface area contributed by atoms with Gasteiger partial charge in [-0.2, -0.15) is 0 Å². The number of carbonyl (C=O) groups excluding carboxylic acids is 1. The Morgan fingerprint density at radius 1 is 1.43 bits per heavy atom. The molecule has 1 aromatic carbocycles. The second-order valence-electron chi connectivity index (χ2n) is 3.53. The maximum atomic E-state index is 10.8. The average molecular weight is 256 g/mol. The molecule has 0 radical (unpaired) electrons. The van der Waals surface area contributed by atoms with Gasteiger partial charge in [-0.1, -0.05) is 15.9 Å². The number of anilines is 1. The summed E-state index contributed by atoms with van der Waals surface area (Å²) < 4.78 is 0.991. The summed E-state index contributed by atoms with van der Waals surface area (Å²) in [4.78, 5) is 12.9. The van der Waals surface area contributed by atoms with E-state index >= 15 is 0 Å². The van der Waals surface area contributed by atoms with Crippen LogP contribution in [0.5, 0.6) is 0 Å². The molecule has 0 aliphatic carbocycles. The normalized spacial score (nSPS) is 10.4. The first-order valence-electron chi connectivity index (χ1n) is 4.54. The second-order valence-corrected chi connectivity index (χ2v) is 4.44. The molecule has 0 heterocycles. The van der Waals surface area contributed by atoms with Gasteiger partial charge in [-0.3, -0.25) is 4.79 Å². The van der Waals surface area contributed by atoms with Crippen molar-refractivity contribution in [3.8, 4) is 0 Å². The zero-order valence-corrected chi connectivity index (χ0v) is 10.2. The maximum Gasteiger partial charge on any atom is 0.152 e. The van der Waals surface area contributed by atoms with Gasteiger partial charge in [-0.25, -0.2) is 0 Å². The Kier molecular flexibility index (Phi) is 3.69. The van der Waals surface area contributed by atoms with Gasteiger partial charge in [0.25, 0.3) is 0 Å². The Hall–Kier alpha value is -0.830. The Morgan fingerprint density at radius 3 is 2.57 bits per heavy atom. The fraction of sp³-hybridized carbons (Fsp3) is 0.364. The van der Waals surface area contributed by atoms with Crippen LogP contribution < -0.4 is 4.90 Å². The molecule has 2 nitrogen and oxygen atoms in total. The summed E-state index contributed by atoms with van der Waals surface area (Å²) >= 11 is 3.40. The van der Waals surface area contributed by atoms with E-state index in [1.807, 2.05) is 25.2 Å². The summed E-state index contributed by atoms with van der Waals surface area (Å²) in [5, 5.41) is 0. The summed E-state index contributed by atoms with van der Waals surface area (Å²) in [7, 11) is 1.99. The van der Waals surface area contributed by atoms with Crippen molar-refractivity contribution in [3.05, 3.63) is 28.2 Å². The first kappa shape index (κ1) is 11.2. The topological polar surface area (TPSA) is 20.3 Å². The zero-order valence-electron chi connectivity index (χ0n) is 8.62. The molecule has 0 saturated carbocycles. The van der Waals surface area contributed by atoms with Gasteiger partial charge in [0.2, 0.25) is 0 Å². The highest BCUT2D eigenvalue weighted by Gasteiger charge is 2.09. The molecule has 0 atom stereocenters. The Morgan fingerprint density at radius 2 is 2.07 bits per heavy atom. The van der Waals surface area contributed by atoms with Crippen molar-refractivity contribution in [2.24, 2.45) is 0 Å². The van der Waals surface area contributed by atoms with E-state index in [1.54, 1.807) is 0 Å². The van der Waals surface area contributed by atoms with Crippen LogP contribution in [-0.4, -0.2) is 19.4 Å². The number of aldehydes is 1. The van der Waals surface area contributed by atoms with Gasteiger partial charge in [0.1, 0.15) is 0 Å². The quantitative estimate of drug-likeness (QED) is 0.774. The lowest BCUT2D eigenvalue weighted by atomic mass is 10.1. The number of carbonyl (C=O) groups is 1. The number of benzene rings is 1. The van der Waals surface area contributed by atoms with E-state index in [9.17, 15) is 4.79 Å². The van der Waals surface area contributed by atoms with Crippen LogP contribution in [0.4, 0.5) is 5.69 Å². The van der Waals surface area contributed by atoms with Crippen molar-refractivity contribution in [1.29, 1.82) is 0 Å². The summed E-state index contributed by atoms with van der Waals surface area (Å²) in [6.45, 7) is 4.19. The molecule has 0 unspecified atom stereocenters. The van der Waals surface area contributed by atoms with Crippen LogP contribution in [0.3, 0.4) is 0 Å². The fourth-order valence-corrected chi connectivity index (χ4v) is 1.55. The van der Waals surface area contributed by atoms with Crippen molar-refractivity contribution >= 4 is 27.9 Å². The average Bonchev–Trinajstić information content (AvgIpc) is 2.16. The molecule has 76 valence electrons. The van der Waals surface area contributed by atoms with Gasteiger partial charge in [0.05, 0.1) is 0 Å². The van der Waals surface area contributed by atoms with Crippen LogP contribution in [-0.2, 0) is 0 Å². The summed E-state index contributed by atoms with van der Waals surface area (Å²) in [6, 6.07) is 6.04. The van der Waals surface area contributed by atoms with Crippen LogP contribution in [0.25, 0.3) is 0 Å². The van der Waals surface area contributed by atoms with E-state index in [4.69, 9.17) is 0 Å². The van der Waals surface area contributed by atoms with Crippen LogP contribution in [0, 0.1) is 0 Å². The number of nitrogens with zero attached hydrogens (tertiary/aromatic N) is 1. The van der Waals surface area contributed by atoms with Crippen LogP contribution in [0.1, 0.15) is 24.2 Å². The van der Waals surface area contributed by atoms with E-state index in [2.05, 4.69) is 34.7 Å². The van der Waals surface area contributed by atoms with Crippen LogP contribution >= 0.6 is 15.9 Å². The minimum absolute atomic E-state index is 0.378. The molecule has 3 heteroatoms. The Balaban J connectivity index is 3.16. The number of rotatable bonds is 3. The predicted octanol–water partition coefficient (Wildman–Crippen LogP) is 3.11. The SMILES string of the molecule is CC(C)N(C)c1cc(Br)ccc1C=O. The predicted molar refractivity (Wildman–Crippen MR) is 63.1 cm³/mol. The molecule has 0 N–H and O–H groups in total. The largest absolute Gasteiger partial charge is 0.372 e. The van der Waals surface area contributed by atoms with Gasteiger partial charge >= 0.3 is 0 Å². The molecule has 14 heavy (non-hydrogen) atoms. The first-order valence-corrected chi connectivity index (χ1v) is 5.33. The van der Waals surface area contributed by atoms with E-state index < -0.39 is 0 Å². The second kappa shape index (κ2) is 4.60. The first-order chi connectivity index (χ1) is 6.56. The summed E-state index contributed by atoms with van der Waals surface area (Å²) in [5.74, 6) is 0. The molecule has 0 amide bonds. The molecule has 0 aliphatic rings. The highest BCUT2D eigenvalue weighted by Crippen LogP contribution is 2.24. The molecular formula is C11H14BrNO. The lowest BCUT2D eigenvalue weighted by Gasteiger charge is -2.25. The van der Waals surface area contributed by atoms with Gasteiger partial charge in [0, 0.05) is 28.8 Å². The third-order valence-electron chi connectivity index (χ3n) is 2.27. The highest BCUT2D eigenvalue weighted by molar-refractivity contribution is 9.10. The lowest BCUT2D eigenvalue weighted by molar-refractivity contribution is 0.112. The van der Waals surface area contributed by atoms with Crippen LogP contribution in [0.2, 0.25) is 0 Å². The van der Waals surface area contributed by atoms with Crippen molar-refractivity contribution in [3.63, 3.8) is 0 Å². The molecule has 0 aromatic heterocycles. The summed E-state index contributed by atoms with van der Waals surface area (Å²) in [5.41, 5.74) is 1.69. The molecular weight excluding hydrogens is 242 g/mol. The third kappa shape index (κ3) is 2.35. The molecule has 0 bridgehead atoms. The monoisotopic (exact) mass is 255 g/mol. The summed E-state index contributed by atoms with van der Waals surface area (Å²) in [6.07, 6.45) is 0.890. The molecule has 1 rings (SSSR count). The van der Waals surface area contributed by atoms with Gasteiger partial charge in [-0.05, 0) is 32.0 Å². The zero-order chi connectivity index (χ0) is 10.7. The van der Waals surface area contributed by atoms with E-state index in [0.717, 1.165) is 22.0 Å². The highest BCUT2D eigenvalue weighted by atomic mass is 79.9. The molecule has 0 fully saturated rings. The number of halogens is 1. The molecule has 0 aliphatic heterocycles. The van der Waals surface area contributed by atoms with Gasteiger partial charge in [0.15, 0.2) is 6.29 Å². The van der Waals surface area contributed by atoms with E-state index in [0.29, 0.717) is 6.04 Å². The van der Waals surface area contributed by atoms with Crippen LogP contribution in [0.15, 0.2) is 22.7 Å². The smallest absolute Gasteiger partial charge is 0.152 e. The fourth-order valence-electron chi connectivity index (χ4n) is 1.20. The van der Waals surface area contributed by atoms with E-state index in [-0.39, 0.29) is 0 Å². The minimum Gasteiger partial charge on any atom is -0.372 e. The molecule has 0 saturated heterocycles. The minimum atomic E-state index is 0.378. The number of hydrogen-bond acceptors (Lipinski definition) is 2. The van der Waals surface area contributed by atoms with Gasteiger partial charge in [-0.15, -0.1) is 0 Å². The molecule has 0 spiro atoms. The van der Waals surface area contributed by atoms with Crippen molar-refractivity contribution < 1.29 is 4.79 Å². The third-order valence-corrected chi connectivity index (χ3v) is 2.77. The van der Waals surface area contributed by atoms with Gasteiger partial charge < -0.3 is 4.90 Å². The standard InChI is InChI=1S/C11H14BrNO/c1-8(2)13(3)11-6-10(12)5-4-9(11)7-14/h4-8H,1-3H3.